The third kappa shape index (κ3) is 5.84. The van der Waals surface area contributed by atoms with Crippen molar-refractivity contribution in [1.82, 2.24) is 15.1 Å². The van der Waals surface area contributed by atoms with Gasteiger partial charge < -0.3 is 15.0 Å². The van der Waals surface area contributed by atoms with Crippen LogP contribution in [0.4, 0.5) is 4.79 Å². The van der Waals surface area contributed by atoms with E-state index in [1.54, 1.807) is 4.90 Å². The van der Waals surface area contributed by atoms with Gasteiger partial charge in [-0.25, -0.2) is 4.79 Å². The highest BCUT2D eigenvalue weighted by molar-refractivity contribution is 7.08. The lowest BCUT2D eigenvalue weighted by atomic mass is 10.2. The van der Waals surface area contributed by atoms with Crippen LogP contribution in [-0.4, -0.2) is 66.7 Å². The van der Waals surface area contributed by atoms with Gasteiger partial charge in [-0.1, -0.05) is 0 Å². The molecule has 0 aliphatic carbocycles. The Morgan fingerprint density at radius 3 is 2.52 bits per heavy atom. The van der Waals surface area contributed by atoms with E-state index in [2.05, 4.69) is 10.2 Å². The topological polar surface area (TPSA) is 61.9 Å². The molecule has 128 valence electrons. The van der Waals surface area contributed by atoms with E-state index in [1.165, 1.54) is 11.3 Å². The lowest BCUT2D eigenvalue weighted by Gasteiger charge is -2.35. The molecule has 23 heavy (non-hydrogen) atoms. The smallest absolute Gasteiger partial charge is 0.410 e. The molecule has 2 amide bonds. The van der Waals surface area contributed by atoms with E-state index in [9.17, 15) is 9.59 Å². The Labute approximate surface area is 141 Å². The van der Waals surface area contributed by atoms with Crippen molar-refractivity contribution in [2.75, 3.05) is 39.3 Å². The van der Waals surface area contributed by atoms with Crippen molar-refractivity contribution in [1.29, 1.82) is 0 Å². The molecule has 7 heteroatoms. The van der Waals surface area contributed by atoms with E-state index in [4.69, 9.17) is 4.74 Å². The van der Waals surface area contributed by atoms with Crippen molar-refractivity contribution in [2.24, 2.45) is 0 Å². The largest absolute Gasteiger partial charge is 0.444 e. The van der Waals surface area contributed by atoms with E-state index >= 15 is 0 Å². The number of thiophene rings is 1. The maximum absolute atomic E-state index is 12.0. The summed E-state index contributed by atoms with van der Waals surface area (Å²) in [6.45, 7) is 9.94. The van der Waals surface area contributed by atoms with Gasteiger partial charge in [0.25, 0.3) is 5.91 Å². The summed E-state index contributed by atoms with van der Waals surface area (Å²) < 4.78 is 5.38. The maximum Gasteiger partial charge on any atom is 0.410 e. The molecule has 0 aromatic carbocycles. The van der Waals surface area contributed by atoms with Gasteiger partial charge in [0.2, 0.25) is 0 Å². The second-order valence-corrected chi connectivity index (χ2v) is 7.36. The van der Waals surface area contributed by atoms with Gasteiger partial charge in [0, 0.05) is 50.2 Å². The first-order chi connectivity index (χ1) is 10.8. The van der Waals surface area contributed by atoms with Crippen LogP contribution in [0.25, 0.3) is 0 Å². The molecule has 6 nitrogen and oxygen atoms in total. The minimum atomic E-state index is -0.458. The lowest BCUT2D eigenvalue weighted by Crippen LogP contribution is -2.51. The van der Waals surface area contributed by atoms with Gasteiger partial charge in [-0.05, 0) is 32.2 Å². The molecule has 1 aromatic rings. The monoisotopic (exact) mass is 339 g/mol. The van der Waals surface area contributed by atoms with Crippen molar-refractivity contribution in [2.45, 2.75) is 26.4 Å². The van der Waals surface area contributed by atoms with Crippen molar-refractivity contribution >= 4 is 23.3 Å². The highest BCUT2D eigenvalue weighted by Gasteiger charge is 2.25. The van der Waals surface area contributed by atoms with Crippen LogP contribution in [0.5, 0.6) is 0 Å². The van der Waals surface area contributed by atoms with Crippen molar-refractivity contribution in [3.05, 3.63) is 22.4 Å². The van der Waals surface area contributed by atoms with Crippen LogP contribution in [0.2, 0.25) is 0 Å². The summed E-state index contributed by atoms with van der Waals surface area (Å²) >= 11 is 1.52. The van der Waals surface area contributed by atoms with E-state index in [1.807, 2.05) is 37.6 Å². The molecule has 1 saturated heterocycles. The van der Waals surface area contributed by atoms with Crippen molar-refractivity contribution in [3.63, 3.8) is 0 Å². The summed E-state index contributed by atoms with van der Waals surface area (Å²) in [5.74, 6) is -0.0290. The number of amides is 2. The van der Waals surface area contributed by atoms with Crippen LogP contribution in [-0.2, 0) is 4.74 Å². The van der Waals surface area contributed by atoms with Crippen LogP contribution >= 0.6 is 11.3 Å². The van der Waals surface area contributed by atoms with E-state index in [0.717, 1.165) is 19.6 Å². The molecule has 0 unspecified atom stereocenters. The van der Waals surface area contributed by atoms with Crippen molar-refractivity contribution in [3.8, 4) is 0 Å². The Kier molecular flexibility index (Phi) is 6.01. The van der Waals surface area contributed by atoms with Crippen LogP contribution in [0.3, 0.4) is 0 Å². The van der Waals surface area contributed by atoms with Gasteiger partial charge in [-0.3, -0.25) is 9.69 Å². The number of carbonyl (C=O) groups is 2. The number of ether oxygens (including phenoxy) is 1. The fourth-order valence-corrected chi connectivity index (χ4v) is 2.94. The third-order valence-corrected chi connectivity index (χ3v) is 4.20. The van der Waals surface area contributed by atoms with Crippen LogP contribution < -0.4 is 5.32 Å². The summed E-state index contributed by atoms with van der Waals surface area (Å²) in [7, 11) is 0. The first-order valence-electron chi connectivity index (χ1n) is 7.86. The molecule has 2 heterocycles. The highest BCUT2D eigenvalue weighted by Crippen LogP contribution is 2.11. The number of nitrogens with one attached hydrogen (secondary N) is 1. The quantitative estimate of drug-likeness (QED) is 0.912. The average molecular weight is 339 g/mol. The number of rotatable bonds is 4. The van der Waals surface area contributed by atoms with Crippen LogP contribution in [0, 0.1) is 0 Å². The molecule has 1 aliphatic rings. The predicted molar refractivity (Wildman–Crippen MR) is 90.9 cm³/mol. The zero-order valence-electron chi connectivity index (χ0n) is 14.0. The Bertz CT molecular complexity index is 517. The van der Waals surface area contributed by atoms with E-state index < -0.39 is 5.60 Å². The first kappa shape index (κ1) is 17.7. The van der Waals surface area contributed by atoms with Crippen molar-refractivity contribution < 1.29 is 14.3 Å². The fraction of sp³-hybridized carbons (Fsp3) is 0.625. The van der Waals surface area contributed by atoms with Gasteiger partial charge in [-0.2, -0.15) is 11.3 Å². The lowest BCUT2D eigenvalue weighted by molar-refractivity contribution is 0.0147. The van der Waals surface area contributed by atoms with Gasteiger partial charge in [-0.15, -0.1) is 0 Å². The Hall–Kier alpha value is -1.60. The molecule has 1 aromatic heterocycles. The van der Waals surface area contributed by atoms with Gasteiger partial charge in [0.1, 0.15) is 5.60 Å². The summed E-state index contributed by atoms with van der Waals surface area (Å²) in [6, 6.07) is 1.82. The summed E-state index contributed by atoms with van der Waals surface area (Å²) in [5, 5.41) is 6.65. The molecular formula is C16H25N3O3S. The third-order valence-electron chi connectivity index (χ3n) is 3.52. The SMILES string of the molecule is CC(C)(C)OC(=O)N1CCN(CCNC(=O)c2ccsc2)CC1. The first-order valence-corrected chi connectivity index (χ1v) is 8.80. The van der Waals surface area contributed by atoms with Gasteiger partial charge in [0.05, 0.1) is 0 Å². The standard InChI is InChI=1S/C16H25N3O3S/c1-16(2,3)22-15(21)19-9-7-18(8-10-19)6-5-17-14(20)13-4-11-23-12-13/h4,11-12H,5-10H2,1-3H3,(H,17,20). The molecule has 1 fully saturated rings. The summed E-state index contributed by atoms with van der Waals surface area (Å²) in [4.78, 5) is 27.8. The molecule has 0 saturated carbocycles. The molecular weight excluding hydrogens is 314 g/mol. The van der Waals surface area contributed by atoms with Crippen LogP contribution in [0.15, 0.2) is 16.8 Å². The Morgan fingerprint density at radius 2 is 1.96 bits per heavy atom. The maximum atomic E-state index is 12.0. The second-order valence-electron chi connectivity index (χ2n) is 6.58. The zero-order chi connectivity index (χ0) is 16.9. The Balaban J connectivity index is 1.65. The molecule has 0 spiro atoms. The average Bonchev–Trinajstić information content (AvgIpc) is 3.00. The van der Waals surface area contributed by atoms with Crippen LogP contribution in [0.1, 0.15) is 31.1 Å². The minimum Gasteiger partial charge on any atom is -0.444 e. The number of nitrogens with zero attached hydrogens (tertiary/aromatic N) is 2. The molecule has 0 bridgehead atoms. The number of hydrogen-bond donors (Lipinski definition) is 1. The van der Waals surface area contributed by atoms with Gasteiger partial charge in [0.15, 0.2) is 0 Å². The number of carbonyl (C=O) groups excluding carboxylic acids is 2. The van der Waals surface area contributed by atoms with E-state index in [0.29, 0.717) is 25.2 Å². The highest BCUT2D eigenvalue weighted by atomic mass is 32.1. The molecule has 1 N–H and O–H groups in total. The second kappa shape index (κ2) is 7.79. The molecule has 2 rings (SSSR count). The number of piperazine rings is 1. The fourth-order valence-electron chi connectivity index (χ4n) is 2.30. The summed E-state index contributed by atoms with van der Waals surface area (Å²) in [6.07, 6.45) is -0.247. The molecule has 0 atom stereocenters. The molecule has 0 radical (unpaired) electrons. The number of hydrogen-bond acceptors (Lipinski definition) is 5. The zero-order valence-corrected chi connectivity index (χ0v) is 14.8. The predicted octanol–water partition coefficient (Wildman–Crippen LogP) is 2.03. The minimum absolute atomic E-state index is 0.0290. The molecule has 1 aliphatic heterocycles. The van der Waals surface area contributed by atoms with E-state index in [-0.39, 0.29) is 12.0 Å². The Morgan fingerprint density at radius 1 is 1.26 bits per heavy atom. The van der Waals surface area contributed by atoms with Gasteiger partial charge >= 0.3 is 6.09 Å². The normalized spacial score (nSPS) is 16.2. The summed E-state index contributed by atoms with van der Waals surface area (Å²) in [5.41, 5.74) is 0.255.